The quantitative estimate of drug-likeness (QED) is 0.0345. The number of hydrogen-bond donors (Lipinski definition) is 2. The molecule has 0 bridgehead atoms. The molecule has 0 heterocycles. The maximum absolute atomic E-state index is 11.9. The summed E-state index contributed by atoms with van der Waals surface area (Å²) in [6, 6.07) is 0. The third kappa shape index (κ3) is 158. The van der Waals surface area contributed by atoms with E-state index >= 15 is 0 Å². The average molecular weight is 1190 g/mol. The molecule has 0 aliphatic carbocycles. The Labute approximate surface area is 517 Å². The van der Waals surface area contributed by atoms with Gasteiger partial charge in [0.2, 0.25) is 5.91 Å². The van der Waals surface area contributed by atoms with Gasteiger partial charge in [-0.05, 0) is 70.6 Å². The van der Waals surface area contributed by atoms with Crippen molar-refractivity contribution in [3.63, 3.8) is 0 Å². The predicted octanol–water partition coefficient (Wildman–Crippen LogP) is 24.1. The van der Waals surface area contributed by atoms with Crippen LogP contribution in [0.4, 0.5) is 4.79 Å². The van der Waals surface area contributed by atoms with E-state index in [2.05, 4.69) is 10.6 Å². The molecule has 0 rings (SSSR count). The van der Waals surface area contributed by atoms with Crippen molar-refractivity contribution >= 4 is 35.9 Å². The molecule has 0 atom stereocenters. The van der Waals surface area contributed by atoms with Crippen molar-refractivity contribution in [2.45, 2.75) is 356 Å². The molecule has 2 amide bonds. The van der Waals surface area contributed by atoms with Crippen LogP contribution in [0.3, 0.4) is 0 Å². The number of ether oxygens (including phenoxy) is 6. The summed E-state index contributed by atoms with van der Waals surface area (Å²) in [4.78, 5) is 69.8. The fourth-order valence-electron chi connectivity index (χ4n) is 4.94. The van der Waals surface area contributed by atoms with E-state index in [0.717, 1.165) is 89.9 Å². The van der Waals surface area contributed by atoms with Crippen LogP contribution in [0.5, 0.6) is 0 Å². The van der Waals surface area contributed by atoms with Gasteiger partial charge in [0.1, 0.15) is 13.2 Å². The first-order chi connectivity index (χ1) is 25.2. The Kier molecular flexibility index (Phi) is 367. The molecule has 0 aliphatic rings. The predicted molar refractivity (Wildman–Crippen MR) is 384 cm³/mol. The molecule has 14 heteroatoms. The number of rotatable bonds is 36. The maximum Gasteiger partial charge on any atom is 0.407 e. The monoisotopic (exact) mass is 1190 g/mol. The normalized spacial score (nSPS) is 6.92. The van der Waals surface area contributed by atoms with Crippen molar-refractivity contribution in [2.75, 3.05) is 59.8 Å². The van der Waals surface area contributed by atoms with Gasteiger partial charge in [0.05, 0.1) is 19.8 Å². The number of alkyl carbamates (subject to hydrolysis) is 1. The fourth-order valence-corrected chi connectivity index (χ4v) is 4.94. The van der Waals surface area contributed by atoms with Gasteiger partial charge in [0.25, 0.3) is 0 Å². The molecule has 0 aromatic carbocycles. The Balaban J connectivity index is -0.0000000344. The lowest BCUT2D eigenvalue weighted by molar-refractivity contribution is -0.146. The number of nitrogens with one attached hydrogen (secondary N) is 2. The Morgan fingerprint density at radius 3 is 0.750 bits per heavy atom. The lowest BCUT2D eigenvalue weighted by atomic mass is 10.1. The van der Waals surface area contributed by atoms with E-state index in [1.807, 2.05) is 0 Å². The summed E-state index contributed by atoms with van der Waals surface area (Å²) in [5.41, 5.74) is 0. The number of unbranched alkanes of at least 4 members (excludes halogenated alkanes) is 13. The van der Waals surface area contributed by atoms with Gasteiger partial charge in [0.15, 0.2) is 0 Å². The van der Waals surface area contributed by atoms with E-state index in [1.165, 1.54) is 6.92 Å². The summed E-state index contributed by atoms with van der Waals surface area (Å²) in [6.45, 7) is 4.40. The summed E-state index contributed by atoms with van der Waals surface area (Å²) in [7, 11) is 1.66. The van der Waals surface area contributed by atoms with Crippen LogP contribution in [0.25, 0.3) is 0 Å². The first-order valence-corrected chi connectivity index (χ1v) is 19.5. The van der Waals surface area contributed by atoms with Gasteiger partial charge in [-0.1, -0.05) is 253 Å². The molecule has 0 aromatic rings. The highest BCUT2D eigenvalue weighted by atomic mass is 16.6. The third-order valence-electron chi connectivity index (χ3n) is 7.92. The van der Waals surface area contributed by atoms with Crippen LogP contribution in [0, 0.1) is 0 Å². The Morgan fingerprint density at radius 2 is 0.463 bits per heavy atom. The summed E-state index contributed by atoms with van der Waals surface area (Å²) >= 11 is 0. The summed E-state index contributed by atoms with van der Waals surface area (Å²) < 4.78 is 30.8. The molecule has 14 nitrogen and oxygen atoms in total. The smallest absolute Gasteiger partial charge is 0.407 e. The van der Waals surface area contributed by atoms with Gasteiger partial charge >= 0.3 is 30.0 Å². The molecular formula is C66H180N2O12. The van der Waals surface area contributed by atoms with Crippen LogP contribution < -0.4 is 10.6 Å². The minimum atomic E-state index is -0.540. The second kappa shape index (κ2) is 152. The molecule has 0 saturated carbocycles. The lowest BCUT2D eigenvalue weighted by Crippen LogP contribution is -2.26. The number of esters is 4. The van der Waals surface area contributed by atoms with Crippen LogP contribution >= 0.6 is 0 Å². The standard InChI is InChI=1S/C38H68N2O12.28CH4/c1-33(41)39-25-15-7-3-5-12-22-37(45)51-31-32-52-38(46)40-26-16-8-4-6-11-21-34(42)48-28-18-10-14-24-36(44)50-30-20-19-29-49-35(43)23-13-9-17-27-47-2;;;;;;;;;;;;;;;;;;;;;;;;;;;;/h3-32H2,1-2H3,(H,39,41)(H,40,46);28*1H4. The first kappa shape index (κ1) is 193. The minimum Gasteiger partial charge on any atom is -0.466 e. The number of carbonyl (C=O) groups is 6. The van der Waals surface area contributed by atoms with E-state index in [-0.39, 0.29) is 251 Å². The van der Waals surface area contributed by atoms with Crippen molar-refractivity contribution < 1.29 is 57.2 Å². The molecule has 0 aromatic heterocycles. The molecule has 80 heavy (non-hydrogen) atoms. The molecule has 0 fully saturated rings. The highest BCUT2D eigenvalue weighted by Gasteiger charge is 2.08. The van der Waals surface area contributed by atoms with Gasteiger partial charge in [0, 0.05) is 59.4 Å². The Morgan fingerprint density at radius 1 is 0.250 bits per heavy atom. The number of hydrogen-bond acceptors (Lipinski definition) is 12. The lowest BCUT2D eigenvalue weighted by Gasteiger charge is -2.08. The largest absolute Gasteiger partial charge is 0.466 e. The molecule has 0 aliphatic heterocycles. The molecule has 0 spiro atoms. The topological polar surface area (TPSA) is 182 Å². The minimum absolute atomic E-state index is 0. The van der Waals surface area contributed by atoms with Crippen molar-refractivity contribution in [2.24, 2.45) is 0 Å². The van der Waals surface area contributed by atoms with Crippen LogP contribution in [-0.2, 0) is 52.4 Å². The molecular weight excluding hydrogens is 1010 g/mol. The summed E-state index contributed by atoms with van der Waals surface area (Å²) in [5, 5.41) is 5.44. The Hall–Kier alpha value is -3.42. The van der Waals surface area contributed by atoms with Gasteiger partial charge < -0.3 is 39.1 Å². The highest BCUT2D eigenvalue weighted by Crippen LogP contribution is 2.09. The van der Waals surface area contributed by atoms with E-state index in [9.17, 15) is 28.8 Å². The maximum atomic E-state index is 11.9. The van der Waals surface area contributed by atoms with Crippen LogP contribution in [-0.4, -0.2) is 95.7 Å². The molecule has 0 radical (unpaired) electrons. The van der Waals surface area contributed by atoms with E-state index < -0.39 is 6.09 Å². The summed E-state index contributed by atoms with van der Waals surface area (Å²) in [6.07, 6.45) is 15.9. The van der Waals surface area contributed by atoms with E-state index in [1.54, 1.807) is 7.11 Å². The molecule has 2 N–H and O–H groups in total. The van der Waals surface area contributed by atoms with Gasteiger partial charge in [-0.15, -0.1) is 0 Å². The summed E-state index contributed by atoms with van der Waals surface area (Å²) in [5.74, 6) is -0.975. The van der Waals surface area contributed by atoms with Crippen molar-refractivity contribution in [3.8, 4) is 0 Å². The van der Waals surface area contributed by atoms with Crippen LogP contribution in [0.1, 0.15) is 356 Å². The van der Waals surface area contributed by atoms with Gasteiger partial charge in [-0.2, -0.15) is 0 Å². The second-order valence-corrected chi connectivity index (χ2v) is 12.8. The highest BCUT2D eigenvalue weighted by molar-refractivity contribution is 5.72. The van der Waals surface area contributed by atoms with Gasteiger partial charge in [-0.25, -0.2) is 4.79 Å². The zero-order valence-electron chi connectivity index (χ0n) is 32.1. The zero-order valence-corrected chi connectivity index (χ0v) is 32.1. The first-order valence-electron chi connectivity index (χ1n) is 19.5. The third-order valence-corrected chi connectivity index (χ3v) is 7.92. The fraction of sp³-hybridized carbons (Fsp3) is 0.909. The Bertz CT molecular complexity index is 957. The molecule has 0 unspecified atom stereocenters. The van der Waals surface area contributed by atoms with Crippen LogP contribution in [0.15, 0.2) is 0 Å². The van der Waals surface area contributed by atoms with Crippen molar-refractivity contribution in [3.05, 3.63) is 0 Å². The average Bonchev–Trinajstić information content (AvgIpc) is 3.11. The zero-order chi connectivity index (χ0) is 38.3. The molecule has 526 valence electrons. The van der Waals surface area contributed by atoms with E-state index in [4.69, 9.17) is 28.4 Å². The van der Waals surface area contributed by atoms with E-state index in [0.29, 0.717) is 90.9 Å². The van der Waals surface area contributed by atoms with Gasteiger partial charge in [-0.3, -0.25) is 24.0 Å². The SMILES string of the molecule is C.C.C.C.C.C.C.C.C.C.C.C.C.C.C.C.C.C.C.C.C.C.C.C.C.C.C.C.COCCCCCC(=O)OCCCCOC(=O)CCCCCOC(=O)CCCCCCCNC(=O)OCCOC(=O)CCCCCCCNC(C)=O. The van der Waals surface area contributed by atoms with Crippen LogP contribution in [0.2, 0.25) is 0 Å². The number of amides is 2. The second-order valence-electron chi connectivity index (χ2n) is 12.8. The number of methoxy groups -OCH3 is 1. The number of carbonyl (C=O) groups excluding carboxylic acids is 6. The van der Waals surface area contributed by atoms with Crippen molar-refractivity contribution in [1.82, 2.24) is 10.6 Å². The molecule has 0 saturated heterocycles. The van der Waals surface area contributed by atoms with Crippen molar-refractivity contribution in [1.29, 1.82) is 0 Å².